The highest BCUT2D eigenvalue weighted by atomic mass is 35.5. The summed E-state index contributed by atoms with van der Waals surface area (Å²) in [5, 5.41) is 9.02. The van der Waals surface area contributed by atoms with Crippen LogP contribution in [0.1, 0.15) is 25.7 Å². The maximum absolute atomic E-state index is 6.16. The fourth-order valence-electron chi connectivity index (χ4n) is 3.92. The van der Waals surface area contributed by atoms with Gasteiger partial charge in [-0.2, -0.15) is 4.98 Å². The number of nitrogens with one attached hydrogen (secondary N) is 2. The summed E-state index contributed by atoms with van der Waals surface area (Å²) in [7, 11) is 4.32. The molecule has 0 atom stereocenters. The molecule has 7 heteroatoms. The first-order valence-corrected chi connectivity index (χ1v) is 10.7. The predicted octanol–water partition coefficient (Wildman–Crippen LogP) is 5.96. The fourth-order valence-corrected chi connectivity index (χ4v) is 4.44. The molecule has 152 valence electrons. The van der Waals surface area contributed by atoms with E-state index in [0.29, 0.717) is 28.1 Å². The summed E-state index contributed by atoms with van der Waals surface area (Å²) in [5.41, 5.74) is 1.69. The van der Waals surface area contributed by atoms with Gasteiger partial charge >= 0.3 is 0 Å². The Hall–Kier alpha value is -2.08. The molecule has 29 heavy (non-hydrogen) atoms. The third-order valence-corrected chi connectivity index (χ3v) is 5.93. The number of halogens is 2. The summed E-state index contributed by atoms with van der Waals surface area (Å²) in [6.45, 7) is 0. The van der Waals surface area contributed by atoms with E-state index in [2.05, 4.69) is 29.6 Å². The van der Waals surface area contributed by atoms with Gasteiger partial charge in [-0.25, -0.2) is 4.98 Å². The predicted molar refractivity (Wildman–Crippen MR) is 123 cm³/mol. The molecule has 0 unspecified atom stereocenters. The minimum absolute atomic E-state index is 0.390. The molecule has 2 N–H and O–H groups in total. The number of para-hydroxylation sites is 1. The fraction of sp³-hybridized carbons (Fsp3) is 0.364. The van der Waals surface area contributed by atoms with Crippen molar-refractivity contribution in [3.8, 4) is 0 Å². The van der Waals surface area contributed by atoms with E-state index in [1.165, 1.54) is 12.8 Å². The molecule has 1 heterocycles. The molecular weight excluding hydrogens is 405 g/mol. The molecule has 2 aromatic carbocycles. The molecule has 1 aromatic heterocycles. The summed E-state index contributed by atoms with van der Waals surface area (Å²) in [6.07, 6.45) is 4.60. The van der Waals surface area contributed by atoms with E-state index in [1.807, 2.05) is 36.4 Å². The summed E-state index contributed by atoms with van der Waals surface area (Å²) < 4.78 is 0. The Morgan fingerprint density at radius 2 is 1.62 bits per heavy atom. The number of rotatable bonds is 5. The first kappa shape index (κ1) is 20.2. The highest BCUT2D eigenvalue weighted by molar-refractivity contribution is 6.35. The SMILES string of the molecule is CN(C)C1CCC(Nc2nc(Nc3cc(Cl)cc(Cl)c3)c3ccccc3n2)CC1. The van der Waals surface area contributed by atoms with Gasteiger partial charge in [-0.1, -0.05) is 35.3 Å². The Morgan fingerprint density at radius 1 is 0.931 bits per heavy atom. The Bertz CT molecular complexity index is 979. The van der Waals surface area contributed by atoms with Crippen molar-refractivity contribution >= 4 is 51.6 Å². The second kappa shape index (κ2) is 8.74. The lowest BCUT2D eigenvalue weighted by Crippen LogP contribution is -2.36. The van der Waals surface area contributed by atoms with Gasteiger partial charge in [-0.15, -0.1) is 0 Å². The van der Waals surface area contributed by atoms with Gasteiger partial charge in [0.15, 0.2) is 0 Å². The van der Waals surface area contributed by atoms with Gasteiger partial charge in [-0.3, -0.25) is 0 Å². The molecule has 0 saturated heterocycles. The zero-order valence-corrected chi connectivity index (χ0v) is 18.1. The van der Waals surface area contributed by atoms with E-state index in [0.717, 1.165) is 35.2 Å². The average Bonchev–Trinajstić information content (AvgIpc) is 2.67. The van der Waals surface area contributed by atoms with E-state index in [1.54, 1.807) is 6.07 Å². The smallest absolute Gasteiger partial charge is 0.225 e. The molecule has 0 spiro atoms. The lowest BCUT2D eigenvalue weighted by Gasteiger charge is -2.33. The number of hydrogen-bond acceptors (Lipinski definition) is 5. The Labute approximate surface area is 181 Å². The molecule has 3 aromatic rings. The number of benzene rings is 2. The van der Waals surface area contributed by atoms with Crippen molar-refractivity contribution < 1.29 is 0 Å². The largest absolute Gasteiger partial charge is 0.351 e. The minimum atomic E-state index is 0.390. The van der Waals surface area contributed by atoms with Crippen molar-refractivity contribution in [1.29, 1.82) is 0 Å². The van der Waals surface area contributed by atoms with Crippen molar-refractivity contribution in [2.24, 2.45) is 0 Å². The summed E-state index contributed by atoms with van der Waals surface area (Å²) in [5.74, 6) is 1.38. The van der Waals surface area contributed by atoms with Gasteiger partial charge in [0.2, 0.25) is 5.95 Å². The Balaban J connectivity index is 1.59. The second-order valence-corrected chi connectivity index (χ2v) is 8.68. The first-order chi connectivity index (χ1) is 14.0. The van der Waals surface area contributed by atoms with Gasteiger partial charge in [0.1, 0.15) is 5.82 Å². The monoisotopic (exact) mass is 429 g/mol. The molecular formula is C22H25Cl2N5. The molecule has 0 radical (unpaired) electrons. The maximum atomic E-state index is 6.16. The highest BCUT2D eigenvalue weighted by Crippen LogP contribution is 2.30. The third kappa shape index (κ3) is 4.92. The molecule has 1 saturated carbocycles. The van der Waals surface area contributed by atoms with Gasteiger partial charge in [-0.05, 0) is 70.1 Å². The van der Waals surface area contributed by atoms with Crippen molar-refractivity contribution in [3.63, 3.8) is 0 Å². The lowest BCUT2D eigenvalue weighted by molar-refractivity contribution is 0.221. The van der Waals surface area contributed by atoms with Crippen LogP contribution in [0.15, 0.2) is 42.5 Å². The zero-order valence-electron chi connectivity index (χ0n) is 16.6. The normalized spacial score (nSPS) is 19.5. The summed E-state index contributed by atoms with van der Waals surface area (Å²) in [4.78, 5) is 11.8. The Kier molecular flexibility index (Phi) is 6.09. The van der Waals surface area contributed by atoms with Crippen LogP contribution in [0, 0.1) is 0 Å². The number of nitrogens with zero attached hydrogens (tertiary/aromatic N) is 3. The van der Waals surface area contributed by atoms with E-state index >= 15 is 0 Å². The molecule has 5 nitrogen and oxygen atoms in total. The van der Waals surface area contributed by atoms with Crippen molar-refractivity contribution in [3.05, 3.63) is 52.5 Å². The number of anilines is 3. The topological polar surface area (TPSA) is 53.1 Å². The van der Waals surface area contributed by atoms with Crippen LogP contribution in [0.3, 0.4) is 0 Å². The molecule has 1 aliphatic rings. The van der Waals surface area contributed by atoms with Crippen molar-refractivity contribution in [2.75, 3.05) is 24.7 Å². The van der Waals surface area contributed by atoms with Crippen LogP contribution in [-0.4, -0.2) is 41.0 Å². The summed E-state index contributed by atoms with van der Waals surface area (Å²) in [6, 6.07) is 14.4. The van der Waals surface area contributed by atoms with Gasteiger partial charge in [0.05, 0.1) is 5.52 Å². The third-order valence-electron chi connectivity index (χ3n) is 5.49. The van der Waals surface area contributed by atoms with Crippen LogP contribution < -0.4 is 10.6 Å². The molecule has 0 bridgehead atoms. The van der Waals surface area contributed by atoms with Crippen LogP contribution in [0.4, 0.5) is 17.5 Å². The quantitative estimate of drug-likeness (QED) is 0.523. The van der Waals surface area contributed by atoms with Gasteiger partial charge in [0.25, 0.3) is 0 Å². The zero-order chi connectivity index (χ0) is 20.4. The average molecular weight is 430 g/mol. The number of fused-ring (bicyclic) bond motifs is 1. The summed E-state index contributed by atoms with van der Waals surface area (Å²) >= 11 is 12.3. The molecule has 1 aliphatic carbocycles. The molecule has 4 rings (SSSR count). The van der Waals surface area contributed by atoms with E-state index in [9.17, 15) is 0 Å². The second-order valence-electron chi connectivity index (χ2n) is 7.81. The van der Waals surface area contributed by atoms with Crippen molar-refractivity contribution in [2.45, 2.75) is 37.8 Å². The van der Waals surface area contributed by atoms with Crippen LogP contribution in [0.2, 0.25) is 10.0 Å². The van der Waals surface area contributed by atoms with Crippen molar-refractivity contribution in [1.82, 2.24) is 14.9 Å². The van der Waals surface area contributed by atoms with E-state index in [4.69, 9.17) is 33.2 Å². The number of aromatic nitrogens is 2. The van der Waals surface area contributed by atoms with E-state index in [-0.39, 0.29) is 0 Å². The van der Waals surface area contributed by atoms with E-state index < -0.39 is 0 Å². The first-order valence-electron chi connectivity index (χ1n) is 9.91. The Morgan fingerprint density at radius 3 is 2.31 bits per heavy atom. The maximum Gasteiger partial charge on any atom is 0.225 e. The molecule has 0 amide bonds. The van der Waals surface area contributed by atoms with Crippen LogP contribution in [-0.2, 0) is 0 Å². The molecule has 0 aliphatic heterocycles. The van der Waals surface area contributed by atoms with Gasteiger partial charge in [0, 0.05) is 33.2 Å². The van der Waals surface area contributed by atoms with Crippen LogP contribution in [0.25, 0.3) is 10.9 Å². The highest BCUT2D eigenvalue weighted by Gasteiger charge is 2.23. The lowest BCUT2D eigenvalue weighted by atomic mass is 9.90. The number of hydrogen-bond donors (Lipinski definition) is 2. The minimum Gasteiger partial charge on any atom is -0.351 e. The molecule has 1 fully saturated rings. The van der Waals surface area contributed by atoms with Crippen LogP contribution >= 0.6 is 23.2 Å². The van der Waals surface area contributed by atoms with Gasteiger partial charge < -0.3 is 15.5 Å². The van der Waals surface area contributed by atoms with Crippen LogP contribution in [0.5, 0.6) is 0 Å². The standard InChI is InChI=1S/C22H25Cl2N5/c1-29(2)18-9-7-16(8-10-18)26-22-27-20-6-4-3-5-19(20)21(28-22)25-17-12-14(23)11-15(24)13-17/h3-6,11-13,16,18H,7-10H2,1-2H3,(H2,25,26,27,28).